The number of hydrogen-bond acceptors (Lipinski definition) is 4. The van der Waals surface area contributed by atoms with Gasteiger partial charge in [0.2, 0.25) is 0 Å². The maximum absolute atomic E-state index is 14.7. The van der Waals surface area contributed by atoms with Gasteiger partial charge in [-0.15, -0.1) is 5.11 Å². The maximum atomic E-state index is 14.7. The summed E-state index contributed by atoms with van der Waals surface area (Å²) in [4.78, 5) is 19.3. The van der Waals surface area contributed by atoms with Crippen LogP contribution in [0.5, 0.6) is 0 Å². The van der Waals surface area contributed by atoms with Crippen molar-refractivity contribution in [3.63, 3.8) is 0 Å². The fraction of sp³-hybridized carbons (Fsp3) is 0.189. The largest absolute Gasteiger partial charge is 0.333 e. The zero-order valence-corrected chi connectivity index (χ0v) is 25.4. The molecule has 8 heteroatoms. The summed E-state index contributed by atoms with van der Waals surface area (Å²) < 4.78 is 2.09. The number of nitrogens with one attached hydrogen (secondary N) is 1. The second kappa shape index (κ2) is 13.5. The average Bonchev–Trinajstić information content (AvgIpc) is 3.43. The summed E-state index contributed by atoms with van der Waals surface area (Å²) >= 11 is 0. The molecule has 0 spiro atoms. The number of aryl methyl sites for hydroxylation is 1. The predicted octanol–water partition coefficient (Wildman–Crippen LogP) is 6.67. The van der Waals surface area contributed by atoms with Gasteiger partial charge in [0.15, 0.2) is 5.84 Å². The maximum Gasteiger partial charge on any atom is 0.256 e. The number of nitrogens with two attached hydrogens (primary N) is 1. The van der Waals surface area contributed by atoms with Gasteiger partial charge in [-0.1, -0.05) is 108 Å². The van der Waals surface area contributed by atoms with E-state index >= 15 is 0 Å². The van der Waals surface area contributed by atoms with E-state index in [9.17, 15) is 4.79 Å². The summed E-state index contributed by atoms with van der Waals surface area (Å²) in [5.41, 5.74) is 7.25. The molecular weight excluding hydrogens is 558 g/mol. The summed E-state index contributed by atoms with van der Waals surface area (Å²) in [6.07, 6.45) is 0.776. The standard InChI is InChI=1S/C37H37N7O/c1-27-22-34(35(30-16-9-4-10-17-30)44(27)32-19-11-18-31(24-32)36(38)40-41-39)37(45)43-21-20-42(25-29-14-7-3-8-15-29)26-33(43)23-28-12-5-2-6-13-28/h2-19,22,24,33H,20-21,23,25-26H2,1H3,(H3,38,39,40)/t33-/m1/s1. The van der Waals surface area contributed by atoms with Crippen molar-refractivity contribution >= 4 is 11.7 Å². The van der Waals surface area contributed by atoms with E-state index in [4.69, 9.17) is 11.3 Å². The van der Waals surface area contributed by atoms with Gasteiger partial charge < -0.3 is 15.3 Å². The van der Waals surface area contributed by atoms with Crippen molar-refractivity contribution < 1.29 is 4.79 Å². The zero-order valence-electron chi connectivity index (χ0n) is 25.4. The minimum absolute atomic E-state index is 0.00932. The fourth-order valence-electron chi connectivity index (χ4n) is 6.31. The number of piperazine rings is 1. The number of rotatable bonds is 8. The highest BCUT2D eigenvalue weighted by Crippen LogP contribution is 2.33. The third kappa shape index (κ3) is 6.61. The van der Waals surface area contributed by atoms with Crippen LogP contribution in [0.3, 0.4) is 0 Å². The van der Waals surface area contributed by atoms with Crippen molar-refractivity contribution in [1.82, 2.24) is 14.4 Å². The van der Waals surface area contributed by atoms with Gasteiger partial charge in [-0.05, 0) is 48.2 Å². The lowest BCUT2D eigenvalue weighted by Crippen LogP contribution is -2.55. The third-order valence-corrected chi connectivity index (χ3v) is 8.39. The molecule has 4 aromatic carbocycles. The number of nitrogens with zero attached hydrogens (tertiary/aromatic N) is 5. The van der Waals surface area contributed by atoms with Crippen molar-refractivity contribution in [2.75, 3.05) is 19.6 Å². The monoisotopic (exact) mass is 595 g/mol. The molecule has 0 radical (unpaired) electrons. The molecule has 1 saturated heterocycles. The van der Waals surface area contributed by atoms with Gasteiger partial charge in [0.05, 0.1) is 11.3 Å². The Morgan fingerprint density at radius 2 is 1.51 bits per heavy atom. The molecule has 1 aromatic heterocycles. The quantitative estimate of drug-likeness (QED) is 0.0688. The van der Waals surface area contributed by atoms with Crippen LogP contribution in [0.25, 0.3) is 16.9 Å². The van der Waals surface area contributed by atoms with E-state index in [2.05, 4.69) is 73.2 Å². The van der Waals surface area contributed by atoms with Crippen molar-refractivity contribution in [2.24, 2.45) is 16.2 Å². The van der Waals surface area contributed by atoms with Gasteiger partial charge in [0, 0.05) is 49.2 Å². The van der Waals surface area contributed by atoms with Gasteiger partial charge in [-0.3, -0.25) is 15.1 Å². The minimum atomic E-state index is -0.0288. The summed E-state index contributed by atoms with van der Waals surface area (Å²) in [7, 11) is 0. The number of carbonyl (C=O) groups excluding carboxylic acids is 1. The summed E-state index contributed by atoms with van der Waals surface area (Å²) in [5.74, 6) is 5.22. The fourth-order valence-corrected chi connectivity index (χ4v) is 6.31. The molecule has 8 nitrogen and oxygen atoms in total. The molecule has 45 heavy (non-hydrogen) atoms. The topological polar surface area (TPSA) is 103 Å². The van der Waals surface area contributed by atoms with Crippen molar-refractivity contribution in [2.45, 2.75) is 25.9 Å². The van der Waals surface area contributed by atoms with Crippen LogP contribution in [0.15, 0.2) is 132 Å². The Balaban J connectivity index is 1.39. The number of benzene rings is 4. The molecule has 6 rings (SSSR count). The Morgan fingerprint density at radius 1 is 0.844 bits per heavy atom. The van der Waals surface area contributed by atoms with Gasteiger partial charge >= 0.3 is 0 Å². The zero-order chi connectivity index (χ0) is 31.2. The van der Waals surface area contributed by atoms with E-state index in [1.54, 1.807) is 6.07 Å². The second-order valence-electron chi connectivity index (χ2n) is 11.4. The van der Waals surface area contributed by atoms with Crippen molar-refractivity contribution in [1.29, 1.82) is 5.41 Å². The molecule has 0 bridgehead atoms. The predicted molar refractivity (Wildman–Crippen MR) is 179 cm³/mol. The van der Waals surface area contributed by atoms with Gasteiger partial charge in [0.1, 0.15) is 0 Å². The Morgan fingerprint density at radius 3 is 2.20 bits per heavy atom. The lowest BCUT2D eigenvalue weighted by molar-refractivity contribution is 0.0439. The number of carbonyl (C=O) groups is 1. The Kier molecular flexibility index (Phi) is 8.94. The molecule has 0 unspecified atom stereocenters. The van der Waals surface area contributed by atoms with Crippen LogP contribution in [-0.4, -0.2) is 51.8 Å². The van der Waals surface area contributed by atoms with Gasteiger partial charge in [-0.25, -0.2) is 0 Å². The molecule has 1 aliphatic rings. The number of amidine groups is 1. The molecule has 226 valence electrons. The van der Waals surface area contributed by atoms with Crippen molar-refractivity contribution in [3.05, 3.63) is 149 Å². The normalized spacial score (nSPS) is 15.4. The molecule has 1 aliphatic heterocycles. The van der Waals surface area contributed by atoms with Gasteiger partial charge in [-0.2, -0.15) is 0 Å². The van der Waals surface area contributed by atoms with Crippen LogP contribution in [0.4, 0.5) is 0 Å². The first kappa shape index (κ1) is 29.7. The molecule has 0 aliphatic carbocycles. The van der Waals surface area contributed by atoms with Crippen LogP contribution in [0, 0.1) is 12.3 Å². The lowest BCUT2D eigenvalue weighted by atomic mass is 9.99. The molecule has 0 saturated carbocycles. The van der Waals surface area contributed by atoms with E-state index < -0.39 is 0 Å². The first-order valence-corrected chi connectivity index (χ1v) is 15.2. The van der Waals surface area contributed by atoms with Crippen LogP contribution >= 0.6 is 0 Å². The number of aromatic nitrogens is 1. The number of hydrogen-bond donors (Lipinski definition) is 2. The molecule has 3 N–H and O–H groups in total. The molecular formula is C37H37N7O. The average molecular weight is 596 g/mol. The third-order valence-electron chi connectivity index (χ3n) is 8.39. The second-order valence-corrected chi connectivity index (χ2v) is 11.4. The Hall–Kier alpha value is -5.34. The van der Waals surface area contributed by atoms with E-state index in [0.717, 1.165) is 48.7 Å². The molecule has 5 aromatic rings. The minimum Gasteiger partial charge on any atom is -0.333 e. The highest BCUT2D eigenvalue weighted by Gasteiger charge is 2.34. The smallest absolute Gasteiger partial charge is 0.256 e. The van der Waals surface area contributed by atoms with Gasteiger partial charge in [0.25, 0.3) is 5.91 Å². The van der Waals surface area contributed by atoms with E-state index in [0.29, 0.717) is 17.7 Å². The molecule has 1 amide bonds. The van der Waals surface area contributed by atoms with E-state index in [1.165, 1.54) is 11.1 Å². The highest BCUT2D eigenvalue weighted by molar-refractivity contribution is 6.02. The highest BCUT2D eigenvalue weighted by atomic mass is 16.2. The molecule has 2 heterocycles. The van der Waals surface area contributed by atoms with Crippen LogP contribution in [0.1, 0.15) is 32.7 Å². The SMILES string of the molecule is Cc1cc(C(=O)N2CCN(Cc3ccccc3)C[C@H]2Cc2ccccc2)c(-c2ccccc2)n1-c1cccc(C(=N)N=NN)c1. The van der Waals surface area contributed by atoms with E-state index in [1.807, 2.05) is 73.7 Å². The Bertz CT molecular complexity index is 1800. The molecule has 1 atom stereocenters. The van der Waals surface area contributed by atoms with Crippen LogP contribution < -0.4 is 5.84 Å². The lowest BCUT2D eigenvalue weighted by Gasteiger charge is -2.42. The summed E-state index contributed by atoms with van der Waals surface area (Å²) in [6, 6.07) is 40.5. The summed E-state index contributed by atoms with van der Waals surface area (Å²) in [6.45, 7) is 5.09. The first-order chi connectivity index (χ1) is 22.0. The van der Waals surface area contributed by atoms with Crippen LogP contribution in [-0.2, 0) is 13.0 Å². The first-order valence-electron chi connectivity index (χ1n) is 15.2. The summed E-state index contributed by atoms with van der Waals surface area (Å²) in [5, 5.41) is 15.3. The van der Waals surface area contributed by atoms with Crippen LogP contribution in [0.2, 0.25) is 0 Å². The van der Waals surface area contributed by atoms with E-state index in [-0.39, 0.29) is 17.8 Å². The number of amides is 1. The molecule has 1 fully saturated rings. The van der Waals surface area contributed by atoms with Crippen molar-refractivity contribution in [3.8, 4) is 16.9 Å². The Labute approximate surface area is 263 Å².